The number of hydrogen-bond acceptors (Lipinski definition) is 3. The Hall–Kier alpha value is -1.48. The number of nitrogens with zero attached hydrogens (tertiary/aromatic N) is 2. The molecular formula is C17H22N2O. The summed E-state index contributed by atoms with van der Waals surface area (Å²) in [7, 11) is 0. The normalized spacial score (nSPS) is 21.9. The van der Waals surface area contributed by atoms with Crippen molar-refractivity contribution in [3.63, 3.8) is 0 Å². The quantitative estimate of drug-likeness (QED) is 0.801. The first-order valence-corrected chi connectivity index (χ1v) is 7.67. The molecule has 0 unspecified atom stereocenters. The molecule has 0 aromatic carbocycles. The standard InChI is InChI=1S/C17H22N2O/c1-2-10-20-16-11-13(12-16)5-7-15-8-6-14-4-3-9-18-17(14)19-15/h3-4,6,8-9,13,16H,2,5,7,10-12H2,1H3. The van der Waals surface area contributed by atoms with Crippen molar-refractivity contribution in [2.45, 2.75) is 45.1 Å². The van der Waals surface area contributed by atoms with Crippen LogP contribution in [0.15, 0.2) is 30.5 Å². The van der Waals surface area contributed by atoms with Gasteiger partial charge in [0.1, 0.15) is 0 Å². The first-order valence-electron chi connectivity index (χ1n) is 7.67. The van der Waals surface area contributed by atoms with Crippen LogP contribution in [0, 0.1) is 5.92 Å². The van der Waals surface area contributed by atoms with Gasteiger partial charge < -0.3 is 4.74 Å². The summed E-state index contributed by atoms with van der Waals surface area (Å²) in [6.07, 6.45) is 8.17. The Morgan fingerprint density at radius 2 is 2.15 bits per heavy atom. The molecule has 0 radical (unpaired) electrons. The van der Waals surface area contributed by atoms with E-state index in [0.717, 1.165) is 42.1 Å². The van der Waals surface area contributed by atoms with Crippen LogP contribution in [-0.2, 0) is 11.2 Å². The molecule has 0 spiro atoms. The Bertz CT molecular complexity index is 564. The van der Waals surface area contributed by atoms with Crippen LogP contribution in [0.25, 0.3) is 11.0 Å². The summed E-state index contributed by atoms with van der Waals surface area (Å²) in [6, 6.07) is 8.27. The molecule has 1 saturated carbocycles. The van der Waals surface area contributed by atoms with Gasteiger partial charge in [0.25, 0.3) is 0 Å². The smallest absolute Gasteiger partial charge is 0.159 e. The highest BCUT2D eigenvalue weighted by molar-refractivity contribution is 5.74. The largest absolute Gasteiger partial charge is 0.378 e. The molecule has 0 amide bonds. The van der Waals surface area contributed by atoms with E-state index in [9.17, 15) is 0 Å². The topological polar surface area (TPSA) is 35.0 Å². The molecule has 106 valence electrons. The van der Waals surface area contributed by atoms with Crippen molar-refractivity contribution >= 4 is 11.0 Å². The fraction of sp³-hybridized carbons (Fsp3) is 0.529. The number of hydrogen-bond donors (Lipinski definition) is 0. The van der Waals surface area contributed by atoms with Gasteiger partial charge in [-0.1, -0.05) is 6.92 Å². The number of aryl methyl sites for hydroxylation is 1. The molecule has 3 nitrogen and oxygen atoms in total. The van der Waals surface area contributed by atoms with Gasteiger partial charge in [0.05, 0.1) is 6.10 Å². The third-order valence-electron chi connectivity index (χ3n) is 4.08. The van der Waals surface area contributed by atoms with Crippen LogP contribution in [0.1, 0.15) is 38.3 Å². The Balaban J connectivity index is 1.49. The highest BCUT2D eigenvalue weighted by atomic mass is 16.5. The number of ether oxygens (including phenoxy) is 1. The second-order valence-corrected chi connectivity index (χ2v) is 5.72. The predicted octanol–water partition coefficient (Wildman–Crippen LogP) is 3.77. The van der Waals surface area contributed by atoms with Crippen molar-refractivity contribution in [3.05, 3.63) is 36.2 Å². The zero-order valence-electron chi connectivity index (χ0n) is 12.1. The van der Waals surface area contributed by atoms with E-state index in [2.05, 4.69) is 35.1 Å². The van der Waals surface area contributed by atoms with Crippen LogP contribution in [-0.4, -0.2) is 22.7 Å². The summed E-state index contributed by atoms with van der Waals surface area (Å²) in [4.78, 5) is 8.95. The van der Waals surface area contributed by atoms with Gasteiger partial charge in [-0.3, -0.25) is 0 Å². The van der Waals surface area contributed by atoms with E-state index in [0.29, 0.717) is 6.10 Å². The van der Waals surface area contributed by atoms with E-state index >= 15 is 0 Å². The Labute approximate surface area is 120 Å². The number of pyridine rings is 2. The third kappa shape index (κ3) is 3.15. The van der Waals surface area contributed by atoms with Gasteiger partial charge in [-0.15, -0.1) is 0 Å². The molecule has 0 bridgehead atoms. The number of rotatable bonds is 6. The zero-order valence-corrected chi connectivity index (χ0v) is 12.1. The van der Waals surface area contributed by atoms with Crippen molar-refractivity contribution in [3.8, 4) is 0 Å². The minimum atomic E-state index is 0.520. The first-order chi connectivity index (χ1) is 9.85. The number of fused-ring (bicyclic) bond motifs is 1. The van der Waals surface area contributed by atoms with Crippen LogP contribution >= 0.6 is 0 Å². The Morgan fingerprint density at radius 3 is 3.00 bits per heavy atom. The van der Waals surface area contributed by atoms with Gasteiger partial charge in [-0.05, 0) is 62.3 Å². The van der Waals surface area contributed by atoms with Gasteiger partial charge in [0.2, 0.25) is 0 Å². The first kappa shape index (κ1) is 13.5. The number of aromatic nitrogens is 2. The second-order valence-electron chi connectivity index (χ2n) is 5.72. The molecule has 0 saturated heterocycles. The predicted molar refractivity (Wildman–Crippen MR) is 80.6 cm³/mol. The lowest BCUT2D eigenvalue weighted by atomic mass is 9.79. The summed E-state index contributed by atoms with van der Waals surface area (Å²) < 4.78 is 5.74. The molecule has 1 fully saturated rings. The Kier molecular flexibility index (Phi) is 4.26. The monoisotopic (exact) mass is 270 g/mol. The third-order valence-corrected chi connectivity index (χ3v) is 4.08. The lowest BCUT2D eigenvalue weighted by Gasteiger charge is -2.35. The fourth-order valence-electron chi connectivity index (χ4n) is 2.81. The van der Waals surface area contributed by atoms with Crippen LogP contribution < -0.4 is 0 Å². The van der Waals surface area contributed by atoms with Crippen LogP contribution in [0.3, 0.4) is 0 Å². The van der Waals surface area contributed by atoms with Gasteiger partial charge in [0.15, 0.2) is 5.65 Å². The lowest BCUT2D eigenvalue weighted by Crippen LogP contribution is -2.31. The van der Waals surface area contributed by atoms with Crippen molar-refractivity contribution < 1.29 is 4.74 Å². The van der Waals surface area contributed by atoms with E-state index in [1.54, 1.807) is 6.20 Å². The molecule has 3 rings (SSSR count). The molecule has 1 aliphatic rings. The summed E-state index contributed by atoms with van der Waals surface area (Å²) in [6.45, 7) is 3.07. The van der Waals surface area contributed by atoms with Crippen LogP contribution in [0.5, 0.6) is 0 Å². The van der Waals surface area contributed by atoms with E-state index in [-0.39, 0.29) is 0 Å². The molecule has 0 aliphatic heterocycles. The van der Waals surface area contributed by atoms with Crippen molar-refractivity contribution in [1.82, 2.24) is 9.97 Å². The maximum atomic E-state index is 5.74. The average Bonchev–Trinajstić information content (AvgIpc) is 2.45. The SMILES string of the molecule is CCCOC1CC(CCc2ccc3cccnc3n2)C1. The molecule has 20 heavy (non-hydrogen) atoms. The summed E-state index contributed by atoms with van der Waals surface area (Å²) in [5.74, 6) is 0.818. The average molecular weight is 270 g/mol. The van der Waals surface area contributed by atoms with Crippen LogP contribution in [0.4, 0.5) is 0 Å². The second kappa shape index (κ2) is 6.31. The van der Waals surface area contributed by atoms with Crippen molar-refractivity contribution in [1.29, 1.82) is 0 Å². The molecule has 2 aromatic heterocycles. The van der Waals surface area contributed by atoms with E-state index in [4.69, 9.17) is 4.74 Å². The Morgan fingerprint density at radius 1 is 1.25 bits per heavy atom. The van der Waals surface area contributed by atoms with E-state index < -0.39 is 0 Å². The van der Waals surface area contributed by atoms with Gasteiger partial charge in [0, 0.05) is 23.9 Å². The van der Waals surface area contributed by atoms with Crippen molar-refractivity contribution in [2.24, 2.45) is 5.92 Å². The molecule has 2 aromatic rings. The summed E-state index contributed by atoms with van der Waals surface area (Å²) in [5.41, 5.74) is 2.02. The maximum Gasteiger partial charge on any atom is 0.159 e. The minimum Gasteiger partial charge on any atom is -0.378 e. The maximum absolute atomic E-state index is 5.74. The highest BCUT2D eigenvalue weighted by Gasteiger charge is 2.29. The minimum absolute atomic E-state index is 0.520. The van der Waals surface area contributed by atoms with Gasteiger partial charge in [-0.25, -0.2) is 9.97 Å². The summed E-state index contributed by atoms with van der Waals surface area (Å²) in [5, 5.41) is 1.12. The van der Waals surface area contributed by atoms with E-state index in [1.165, 1.54) is 19.3 Å². The molecule has 0 N–H and O–H groups in total. The molecule has 3 heteroatoms. The van der Waals surface area contributed by atoms with Gasteiger partial charge >= 0.3 is 0 Å². The van der Waals surface area contributed by atoms with Crippen LogP contribution in [0.2, 0.25) is 0 Å². The molecule has 0 atom stereocenters. The van der Waals surface area contributed by atoms with Crippen molar-refractivity contribution in [2.75, 3.05) is 6.61 Å². The molecule has 1 aliphatic carbocycles. The zero-order chi connectivity index (χ0) is 13.8. The highest BCUT2D eigenvalue weighted by Crippen LogP contribution is 2.33. The lowest BCUT2D eigenvalue weighted by molar-refractivity contribution is -0.0320. The molecule has 2 heterocycles. The van der Waals surface area contributed by atoms with E-state index in [1.807, 2.05) is 6.07 Å². The summed E-state index contributed by atoms with van der Waals surface area (Å²) >= 11 is 0. The van der Waals surface area contributed by atoms with Gasteiger partial charge in [-0.2, -0.15) is 0 Å². The molecular weight excluding hydrogens is 248 g/mol. The fourth-order valence-corrected chi connectivity index (χ4v) is 2.81.